The maximum Gasteiger partial charge on any atom is 0.319 e. The van der Waals surface area contributed by atoms with Crippen LogP contribution in [-0.2, 0) is 22.7 Å². The number of benzene rings is 2. The number of carbonyl (C=O) groups excluding carboxylic acids is 4. The third kappa shape index (κ3) is 4.75. The molecule has 178 valence electrons. The van der Waals surface area contributed by atoms with E-state index in [4.69, 9.17) is 11.6 Å². The first-order chi connectivity index (χ1) is 16.1. The van der Waals surface area contributed by atoms with Crippen LogP contribution in [0.3, 0.4) is 0 Å². The first-order valence-electron chi connectivity index (χ1n) is 10.9. The number of anilines is 1. The highest BCUT2D eigenvalue weighted by Gasteiger charge is 2.40. The maximum atomic E-state index is 14.8. The number of nitrogens with one attached hydrogen (secondary N) is 3. The van der Waals surface area contributed by atoms with E-state index in [2.05, 4.69) is 16.0 Å². The minimum Gasteiger partial charge on any atom is -0.334 e. The summed E-state index contributed by atoms with van der Waals surface area (Å²) in [6.45, 7) is 3.94. The van der Waals surface area contributed by atoms with E-state index < -0.39 is 29.7 Å². The second-order valence-electron chi connectivity index (χ2n) is 8.70. The average molecular weight is 487 g/mol. The third-order valence-electron chi connectivity index (χ3n) is 5.99. The number of carbonyl (C=O) groups is 4. The molecule has 34 heavy (non-hydrogen) atoms. The quantitative estimate of drug-likeness (QED) is 0.560. The molecule has 1 saturated heterocycles. The van der Waals surface area contributed by atoms with Crippen LogP contribution in [0.1, 0.15) is 59.7 Å². The van der Waals surface area contributed by atoms with Gasteiger partial charge in [0.25, 0.3) is 5.91 Å². The molecule has 8 nitrogen and oxygen atoms in total. The Labute approximate surface area is 200 Å². The lowest BCUT2D eigenvalue weighted by Crippen LogP contribution is -2.52. The molecule has 0 spiro atoms. The van der Waals surface area contributed by atoms with Crippen LogP contribution >= 0.6 is 11.6 Å². The molecule has 2 aromatic rings. The van der Waals surface area contributed by atoms with Gasteiger partial charge >= 0.3 is 6.03 Å². The molecule has 2 aromatic carbocycles. The van der Waals surface area contributed by atoms with E-state index in [-0.39, 0.29) is 48.9 Å². The van der Waals surface area contributed by atoms with Gasteiger partial charge in [-0.1, -0.05) is 25.4 Å². The fourth-order valence-corrected chi connectivity index (χ4v) is 4.53. The topological polar surface area (TPSA) is 108 Å². The minimum atomic E-state index is -0.820. The molecule has 2 aliphatic rings. The highest BCUT2D eigenvalue weighted by atomic mass is 35.5. The summed E-state index contributed by atoms with van der Waals surface area (Å²) in [4.78, 5) is 50.1. The lowest BCUT2D eigenvalue weighted by molar-refractivity contribution is -0.136. The van der Waals surface area contributed by atoms with E-state index in [1.54, 1.807) is 18.2 Å². The Bertz CT molecular complexity index is 1200. The zero-order chi connectivity index (χ0) is 24.6. The molecule has 10 heteroatoms. The number of urea groups is 1. The van der Waals surface area contributed by atoms with Crippen LogP contribution in [0.15, 0.2) is 30.3 Å². The summed E-state index contributed by atoms with van der Waals surface area (Å²) in [5.41, 5.74) is 2.23. The molecule has 2 aliphatic heterocycles. The van der Waals surface area contributed by atoms with Crippen molar-refractivity contribution in [3.05, 3.63) is 63.4 Å². The molecule has 4 rings (SSSR count). The number of fused-ring (bicyclic) bond motifs is 1. The van der Waals surface area contributed by atoms with Crippen LogP contribution in [-0.4, -0.2) is 34.7 Å². The molecule has 1 unspecified atom stereocenters. The molecule has 1 fully saturated rings. The summed E-state index contributed by atoms with van der Waals surface area (Å²) in [7, 11) is 0. The van der Waals surface area contributed by atoms with Crippen molar-refractivity contribution in [2.45, 2.75) is 51.7 Å². The number of hydrogen-bond donors (Lipinski definition) is 3. The fraction of sp³-hybridized carbons (Fsp3) is 0.333. The Morgan fingerprint density at radius 2 is 2.00 bits per heavy atom. The summed E-state index contributed by atoms with van der Waals surface area (Å²) in [5, 5.41) is 8.21. The highest BCUT2D eigenvalue weighted by Crippen LogP contribution is 2.30. The van der Waals surface area contributed by atoms with Gasteiger partial charge in [0.05, 0.1) is 6.54 Å². The number of rotatable bonds is 5. The van der Waals surface area contributed by atoms with Crippen LogP contribution in [0, 0.1) is 5.82 Å². The van der Waals surface area contributed by atoms with Crippen molar-refractivity contribution in [3.63, 3.8) is 0 Å². The summed E-state index contributed by atoms with van der Waals surface area (Å²) in [5.74, 6) is -1.82. The molecule has 0 bridgehead atoms. The van der Waals surface area contributed by atoms with Crippen molar-refractivity contribution in [2.24, 2.45) is 0 Å². The van der Waals surface area contributed by atoms with Crippen molar-refractivity contribution < 1.29 is 23.6 Å². The zero-order valence-electron chi connectivity index (χ0n) is 18.7. The van der Waals surface area contributed by atoms with Gasteiger partial charge in [-0.2, -0.15) is 0 Å². The van der Waals surface area contributed by atoms with Gasteiger partial charge in [0.2, 0.25) is 11.8 Å². The molecule has 2 heterocycles. The van der Waals surface area contributed by atoms with Crippen LogP contribution in [0.5, 0.6) is 0 Å². The van der Waals surface area contributed by atoms with E-state index in [1.807, 2.05) is 13.8 Å². The molecule has 5 amide bonds. The first-order valence-corrected chi connectivity index (χ1v) is 11.3. The number of piperidine rings is 1. The van der Waals surface area contributed by atoms with Gasteiger partial charge in [-0.3, -0.25) is 19.7 Å². The number of halogens is 2. The normalized spacial score (nSPS) is 17.6. The van der Waals surface area contributed by atoms with Crippen LogP contribution < -0.4 is 16.0 Å². The first kappa shape index (κ1) is 23.7. The number of imide groups is 1. The Morgan fingerprint density at radius 1 is 1.24 bits per heavy atom. The van der Waals surface area contributed by atoms with Crippen LogP contribution in [0.4, 0.5) is 14.9 Å². The number of nitrogens with zero attached hydrogens (tertiary/aromatic N) is 1. The largest absolute Gasteiger partial charge is 0.334 e. The summed E-state index contributed by atoms with van der Waals surface area (Å²) in [6, 6.07) is 6.66. The monoisotopic (exact) mass is 486 g/mol. The van der Waals surface area contributed by atoms with Gasteiger partial charge in [0.1, 0.15) is 11.9 Å². The summed E-state index contributed by atoms with van der Waals surface area (Å²) < 4.78 is 14.8. The average Bonchev–Trinajstić information content (AvgIpc) is 3.10. The fourth-order valence-electron chi connectivity index (χ4n) is 4.20. The smallest absolute Gasteiger partial charge is 0.319 e. The molecule has 0 aliphatic carbocycles. The minimum absolute atomic E-state index is 0.00758. The molecule has 1 atom stereocenters. The van der Waals surface area contributed by atoms with Crippen molar-refractivity contribution in [1.82, 2.24) is 15.5 Å². The Hall–Kier alpha value is -3.46. The predicted molar refractivity (Wildman–Crippen MR) is 124 cm³/mol. The van der Waals surface area contributed by atoms with E-state index in [0.29, 0.717) is 16.3 Å². The van der Waals surface area contributed by atoms with Gasteiger partial charge in [-0.15, -0.1) is 0 Å². The van der Waals surface area contributed by atoms with Crippen molar-refractivity contribution in [2.75, 3.05) is 5.32 Å². The SMILES string of the molecule is CC(C)c1cc(NC(=O)NCc2cc(F)c3c(c2)C(=O)N(C2CCC(=O)NC2=O)C3)ccc1Cl. The molecule has 0 aromatic heterocycles. The van der Waals surface area contributed by atoms with Crippen LogP contribution in [0.2, 0.25) is 5.02 Å². The number of hydrogen-bond acceptors (Lipinski definition) is 4. The van der Waals surface area contributed by atoms with Gasteiger partial charge in [0, 0.05) is 34.8 Å². The Balaban J connectivity index is 1.42. The number of amides is 5. The Kier molecular flexibility index (Phi) is 6.56. The molecule has 3 N–H and O–H groups in total. The molecule has 0 saturated carbocycles. The van der Waals surface area contributed by atoms with Gasteiger partial charge in [-0.25, -0.2) is 9.18 Å². The van der Waals surface area contributed by atoms with E-state index in [1.165, 1.54) is 17.0 Å². The van der Waals surface area contributed by atoms with Crippen molar-refractivity contribution in [3.8, 4) is 0 Å². The Morgan fingerprint density at radius 3 is 2.71 bits per heavy atom. The molecular weight excluding hydrogens is 463 g/mol. The lowest BCUT2D eigenvalue weighted by Gasteiger charge is -2.29. The van der Waals surface area contributed by atoms with Gasteiger partial charge < -0.3 is 15.5 Å². The van der Waals surface area contributed by atoms with Crippen molar-refractivity contribution >= 4 is 41.0 Å². The second-order valence-corrected chi connectivity index (χ2v) is 9.11. The summed E-state index contributed by atoms with van der Waals surface area (Å²) in [6.07, 6.45) is 0.319. The highest BCUT2D eigenvalue weighted by molar-refractivity contribution is 6.31. The lowest BCUT2D eigenvalue weighted by atomic mass is 10.0. The van der Waals surface area contributed by atoms with E-state index in [9.17, 15) is 23.6 Å². The summed E-state index contributed by atoms with van der Waals surface area (Å²) >= 11 is 6.18. The van der Waals surface area contributed by atoms with E-state index in [0.717, 1.165) is 5.56 Å². The second kappa shape index (κ2) is 9.42. The predicted octanol–water partition coefficient (Wildman–Crippen LogP) is 3.69. The standard InChI is InChI=1S/C24H24ClFN4O4/c1-12(2)15-9-14(3-4-18(15)25)28-24(34)27-10-13-7-16-17(19(26)8-13)11-30(23(16)33)20-5-6-21(31)29-22(20)32/h3-4,7-9,12,20H,5-6,10-11H2,1-2H3,(H2,27,28,34)(H,29,31,32). The van der Waals surface area contributed by atoms with E-state index >= 15 is 0 Å². The van der Waals surface area contributed by atoms with Crippen molar-refractivity contribution in [1.29, 1.82) is 0 Å². The third-order valence-corrected chi connectivity index (χ3v) is 6.33. The zero-order valence-corrected chi connectivity index (χ0v) is 19.5. The maximum absolute atomic E-state index is 14.8. The molecular formula is C24H24ClFN4O4. The van der Waals surface area contributed by atoms with Crippen LogP contribution in [0.25, 0.3) is 0 Å². The molecule has 0 radical (unpaired) electrons. The van der Waals surface area contributed by atoms with Gasteiger partial charge in [0.15, 0.2) is 0 Å². The van der Waals surface area contributed by atoms with Gasteiger partial charge in [-0.05, 0) is 53.8 Å².